The molecule has 0 radical (unpaired) electrons. The summed E-state index contributed by atoms with van der Waals surface area (Å²) in [5.41, 5.74) is 3.80. The van der Waals surface area contributed by atoms with Gasteiger partial charge in [0.25, 0.3) is 0 Å². The molecule has 1 aliphatic rings. The van der Waals surface area contributed by atoms with Crippen LogP contribution in [0.15, 0.2) is 10.4 Å². The first-order valence-corrected chi connectivity index (χ1v) is 7.76. The maximum Gasteiger partial charge on any atom is 0.154 e. The van der Waals surface area contributed by atoms with Gasteiger partial charge >= 0.3 is 0 Å². The van der Waals surface area contributed by atoms with Crippen LogP contribution in [0.25, 0.3) is 0 Å². The summed E-state index contributed by atoms with van der Waals surface area (Å²) in [4.78, 5) is 5.72. The van der Waals surface area contributed by atoms with E-state index in [-0.39, 0.29) is 0 Å². The summed E-state index contributed by atoms with van der Waals surface area (Å²) in [5, 5.41) is 2.81. The van der Waals surface area contributed by atoms with Crippen LogP contribution in [-0.2, 0) is 0 Å². The molecular formula is C13H20ClN3S. The molecule has 18 heavy (non-hydrogen) atoms. The predicted molar refractivity (Wildman–Crippen MR) is 79.4 cm³/mol. The number of hydrazine groups is 1. The molecule has 100 valence electrons. The largest absolute Gasteiger partial charge is 0.308 e. The second-order valence-electron chi connectivity index (χ2n) is 4.83. The number of rotatable bonds is 2. The number of thiophene rings is 1. The van der Waals surface area contributed by atoms with Crippen molar-refractivity contribution >= 4 is 28.8 Å². The van der Waals surface area contributed by atoms with Gasteiger partial charge in [-0.25, -0.2) is 5.84 Å². The van der Waals surface area contributed by atoms with Crippen LogP contribution in [0.3, 0.4) is 0 Å². The Hall–Kier alpha value is -0.580. The molecule has 1 aromatic rings. The van der Waals surface area contributed by atoms with Gasteiger partial charge in [-0.2, -0.15) is 0 Å². The Balaban J connectivity index is 2.19. The van der Waals surface area contributed by atoms with Crippen LogP contribution in [0.1, 0.15) is 49.0 Å². The lowest BCUT2D eigenvalue weighted by atomic mass is 10.1. The molecule has 3 nitrogen and oxygen atoms in total. The lowest BCUT2D eigenvalue weighted by Crippen LogP contribution is -2.32. The van der Waals surface area contributed by atoms with Crippen LogP contribution in [0.2, 0.25) is 5.02 Å². The SMILES string of the molecule is Cc1csc(C(=NC2CCCCCC2)NN)c1Cl. The highest BCUT2D eigenvalue weighted by Crippen LogP contribution is 2.28. The Morgan fingerprint density at radius 1 is 1.39 bits per heavy atom. The maximum absolute atomic E-state index is 6.27. The number of aliphatic imine (C=N–C) groups is 1. The van der Waals surface area contributed by atoms with Gasteiger partial charge in [0.05, 0.1) is 15.9 Å². The third-order valence-electron chi connectivity index (χ3n) is 3.39. The van der Waals surface area contributed by atoms with Gasteiger partial charge in [0.2, 0.25) is 0 Å². The maximum atomic E-state index is 6.27. The fraction of sp³-hybridized carbons (Fsp3) is 0.615. The number of hydrogen-bond acceptors (Lipinski definition) is 3. The number of nitrogens with one attached hydrogen (secondary N) is 1. The van der Waals surface area contributed by atoms with E-state index in [1.165, 1.54) is 25.7 Å². The minimum absolute atomic E-state index is 0.386. The fourth-order valence-corrected chi connectivity index (χ4v) is 3.56. The number of amidine groups is 1. The summed E-state index contributed by atoms with van der Waals surface area (Å²) in [6.45, 7) is 2.00. The van der Waals surface area contributed by atoms with E-state index in [0.717, 1.165) is 34.1 Å². The third-order valence-corrected chi connectivity index (χ3v) is 5.09. The highest BCUT2D eigenvalue weighted by molar-refractivity contribution is 7.13. The lowest BCUT2D eigenvalue weighted by molar-refractivity contribution is 0.583. The molecule has 2 rings (SSSR count). The summed E-state index contributed by atoms with van der Waals surface area (Å²) < 4.78 is 0. The Morgan fingerprint density at radius 2 is 2.06 bits per heavy atom. The van der Waals surface area contributed by atoms with Crippen molar-refractivity contribution in [1.82, 2.24) is 5.43 Å². The molecule has 0 spiro atoms. The molecule has 0 aromatic carbocycles. The summed E-state index contributed by atoms with van der Waals surface area (Å²) >= 11 is 7.86. The lowest BCUT2D eigenvalue weighted by Gasteiger charge is -2.12. The first kappa shape index (κ1) is 13.8. The second kappa shape index (κ2) is 6.55. The Kier molecular flexibility index (Phi) is 5.03. The van der Waals surface area contributed by atoms with Crippen LogP contribution < -0.4 is 11.3 Å². The van der Waals surface area contributed by atoms with E-state index < -0.39 is 0 Å². The molecule has 1 heterocycles. The van der Waals surface area contributed by atoms with Gasteiger partial charge in [-0.15, -0.1) is 11.3 Å². The Labute approximate surface area is 117 Å². The first-order chi connectivity index (χ1) is 8.72. The van der Waals surface area contributed by atoms with Crippen LogP contribution in [0.4, 0.5) is 0 Å². The molecule has 5 heteroatoms. The Bertz CT molecular complexity index is 420. The topological polar surface area (TPSA) is 50.4 Å². The molecule has 0 amide bonds. The minimum atomic E-state index is 0.386. The van der Waals surface area contributed by atoms with Crippen molar-refractivity contribution < 1.29 is 0 Å². The molecule has 3 N–H and O–H groups in total. The second-order valence-corrected chi connectivity index (χ2v) is 6.09. The van der Waals surface area contributed by atoms with Gasteiger partial charge in [-0.1, -0.05) is 37.3 Å². The van der Waals surface area contributed by atoms with E-state index >= 15 is 0 Å². The van der Waals surface area contributed by atoms with Gasteiger partial charge in [0.1, 0.15) is 0 Å². The van der Waals surface area contributed by atoms with Crippen LogP contribution in [-0.4, -0.2) is 11.9 Å². The molecule has 1 aromatic heterocycles. The number of hydrogen-bond donors (Lipinski definition) is 2. The number of nitrogens with zero attached hydrogens (tertiary/aromatic N) is 1. The predicted octanol–water partition coefficient (Wildman–Crippen LogP) is 3.64. The average molecular weight is 286 g/mol. The highest BCUT2D eigenvalue weighted by Gasteiger charge is 2.16. The fourth-order valence-electron chi connectivity index (χ4n) is 2.32. The quantitative estimate of drug-likeness (QED) is 0.287. The molecule has 1 saturated carbocycles. The van der Waals surface area contributed by atoms with E-state index in [1.807, 2.05) is 12.3 Å². The zero-order valence-corrected chi connectivity index (χ0v) is 12.3. The first-order valence-electron chi connectivity index (χ1n) is 6.50. The van der Waals surface area contributed by atoms with Crippen molar-refractivity contribution in [2.75, 3.05) is 0 Å². The van der Waals surface area contributed by atoms with Crippen LogP contribution >= 0.6 is 22.9 Å². The zero-order valence-electron chi connectivity index (χ0n) is 10.7. The molecule has 0 bridgehead atoms. The minimum Gasteiger partial charge on any atom is -0.308 e. The number of halogens is 1. The third kappa shape index (κ3) is 3.25. The standard InChI is InChI=1S/C13H20ClN3S/c1-9-8-18-12(11(9)14)13(17-15)16-10-6-4-2-3-5-7-10/h8,10H,2-7,15H2,1H3,(H,16,17). The van der Waals surface area contributed by atoms with E-state index in [4.69, 9.17) is 22.4 Å². The summed E-state index contributed by atoms with van der Waals surface area (Å²) in [6, 6.07) is 0.386. The summed E-state index contributed by atoms with van der Waals surface area (Å²) in [7, 11) is 0. The molecule has 0 unspecified atom stereocenters. The summed E-state index contributed by atoms with van der Waals surface area (Å²) in [6.07, 6.45) is 7.51. The van der Waals surface area contributed by atoms with Gasteiger partial charge in [-0.05, 0) is 30.7 Å². The van der Waals surface area contributed by atoms with E-state index in [0.29, 0.717) is 6.04 Å². The smallest absolute Gasteiger partial charge is 0.154 e. The van der Waals surface area contributed by atoms with E-state index in [2.05, 4.69) is 5.43 Å². The van der Waals surface area contributed by atoms with Crippen molar-refractivity contribution in [2.45, 2.75) is 51.5 Å². The van der Waals surface area contributed by atoms with Crippen molar-refractivity contribution in [1.29, 1.82) is 0 Å². The molecule has 1 aliphatic carbocycles. The van der Waals surface area contributed by atoms with E-state index in [1.54, 1.807) is 11.3 Å². The highest BCUT2D eigenvalue weighted by atomic mass is 35.5. The number of aryl methyl sites for hydroxylation is 1. The molecular weight excluding hydrogens is 266 g/mol. The monoisotopic (exact) mass is 285 g/mol. The van der Waals surface area contributed by atoms with Crippen LogP contribution in [0, 0.1) is 6.92 Å². The van der Waals surface area contributed by atoms with Crippen molar-refractivity contribution in [3.05, 3.63) is 20.8 Å². The zero-order chi connectivity index (χ0) is 13.0. The number of nitrogens with two attached hydrogens (primary N) is 1. The summed E-state index contributed by atoms with van der Waals surface area (Å²) in [5.74, 6) is 6.35. The van der Waals surface area contributed by atoms with Gasteiger partial charge in [0, 0.05) is 0 Å². The average Bonchev–Trinajstić information content (AvgIpc) is 2.61. The van der Waals surface area contributed by atoms with Gasteiger partial charge < -0.3 is 5.43 Å². The molecule has 0 saturated heterocycles. The Morgan fingerprint density at radius 3 is 2.56 bits per heavy atom. The molecule has 0 atom stereocenters. The van der Waals surface area contributed by atoms with Gasteiger partial charge in [-0.3, -0.25) is 4.99 Å². The van der Waals surface area contributed by atoms with Crippen molar-refractivity contribution in [2.24, 2.45) is 10.8 Å². The van der Waals surface area contributed by atoms with E-state index in [9.17, 15) is 0 Å². The molecule has 0 aliphatic heterocycles. The van der Waals surface area contributed by atoms with Crippen molar-refractivity contribution in [3.63, 3.8) is 0 Å². The van der Waals surface area contributed by atoms with Crippen LogP contribution in [0.5, 0.6) is 0 Å². The van der Waals surface area contributed by atoms with Crippen molar-refractivity contribution in [3.8, 4) is 0 Å². The molecule has 1 fully saturated rings. The van der Waals surface area contributed by atoms with Gasteiger partial charge in [0.15, 0.2) is 5.84 Å². The normalized spacial score (nSPS) is 18.7.